The van der Waals surface area contributed by atoms with Crippen molar-refractivity contribution in [3.8, 4) is 0 Å². The maximum Gasteiger partial charge on any atom is 0.272 e. The first-order chi connectivity index (χ1) is 12.7. The molecule has 1 saturated heterocycles. The molecule has 1 N–H and O–H groups in total. The highest BCUT2D eigenvalue weighted by Gasteiger charge is 2.24. The van der Waals surface area contributed by atoms with Crippen molar-refractivity contribution in [3.05, 3.63) is 65.6 Å². The number of pyridine rings is 1. The van der Waals surface area contributed by atoms with Crippen LogP contribution in [-0.4, -0.2) is 47.1 Å². The third-order valence-corrected chi connectivity index (χ3v) is 4.87. The molecule has 5 heteroatoms. The average molecular weight is 349 g/mol. The number of benzene rings is 1. The minimum atomic E-state index is -0.00899. The lowest BCUT2D eigenvalue weighted by Gasteiger charge is -2.23. The second-order valence-corrected chi connectivity index (χ2v) is 6.96. The Balaban J connectivity index is 1.49. The van der Waals surface area contributed by atoms with Crippen LogP contribution in [0.3, 0.4) is 0 Å². The number of aryl methyl sites for hydroxylation is 1. The molecule has 0 saturated carbocycles. The van der Waals surface area contributed by atoms with Crippen molar-refractivity contribution in [2.24, 2.45) is 5.92 Å². The van der Waals surface area contributed by atoms with E-state index in [1.165, 1.54) is 10.9 Å². The standard InChI is InChI=1S/C21H23N3O2/c1-15-3-2-4-20(23-15)21(25)24-9-10-26-14-17(13-24)11-16-5-6-19-18(12-16)7-8-22-19/h2-8,12,17,22H,9-11,13-14H2,1H3. The zero-order chi connectivity index (χ0) is 17.9. The summed E-state index contributed by atoms with van der Waals surface area (Å²) in [5.74, 6) is 0.271. The zero-order valence-corrected chi connectivity index (χ0v) is 14.9. The fourth-order valence-electron chi connectivity index (χ4n) is 3.58. The van der Waals surface area contributed by atoms with Gasteiger partial charge in [-0.3, -0.25) is 4.79 Å². The number of rotatable bonds is 3. The molecule has 1 aliphatic rings. The molecule has 26 heavy (non-hydrogen) atoms. The number of fused-ring (bicyclic) bond motifs is 1. The molecule has 0 spiro atoms. The minimum absolute atomic E-state index is 0.00899. The van der Waals surface area contributed by atoms with E-state index in [9.17, 15) is 4.79 Å². The quantitative estimate of drug-likeness (QED) is 0.790. The summed E-state index contributed by atoms with van der Waals surface area (Å²) in [5.41, 5.74) is 3.79. The van der Waals surface area contributed by atoms with E-state index in [0.29, 0.717) is 32.0 Å². The van der Waals surface area contributed by atoms with E-state index < -0.39 is 0 Å². The molecule has 5 nitrogen and oxygen atoms in total. The van der Waals surface area contributed by atoms with E-state index in [0.717, 1.165) is 17.6 Å². The molecule has 3 aromatic rings. The Bertz CT molecular complexity index is 918. The van der Waals surface area contributed by atoms with Crippen molar-refractivity contribution < 1.29 is 9.53 Å². The van der Waals surface area contributed by atoms with Crippen molar-refractivity contribution in [2.45, 2.75) is 13.3 Å². The van der Waals surface area contributed by atoms with Gasteiger partial charge < -0.3 is 14.6 Å². The SMILES string of the molecule is Cc1cccc(C(=O)N2CCOCC(Cc3ccc4[nH]ccc4c3)C2)n1. The number of nitrogens with one attached hydrogen (secondary N) is 1. The molecule has 0 aliphatic carbocycles. The summed E-state index contributed by atoms with van der Waals surface area (Å²) in [6.45, 7) is 4.46. The normalized spacial score (nSPS) is 18.0. The number of ether oxygens (including phenoxy) is 1. The van der Waals surface area contributed by atoms with E-state index in [2.05, 4.69) is 34.2 Å². The second kappa shape index (κ2) is 7.30. The van der Waals surface area contributed by atoms with Gasteiger partial charge in [0.15, 0.2) is 0 Å². The Labute approximate surface area is 153 Å². The molecule has 0 radical (unpaired) electrons. The van der Waals surface area contributed by atoms with Gasteiger partial charge in [-0.25, -0.2) is 4.98 Å². The van der Waals surface area contributed by atoms with Crippen molar-refractivity contribution in [1.29, 1.82) is 0 Å². The van der Waals surface area contributed by atoms with Gasteiger partial charge in [-0.1, -0.05) is 12.1 Å². The van der Waals surface area contributed by atoms with Crippen LogP contribution in [0, 0.1) is 12.8 Å². The predicted octanol–water partition coefficient (Wildman–Crippen LogP) is 3.20. The van der Waals surface area contributed by atoms with E-state index in [4.69, 9.17) is 4.74 Å². The molecule has 1 aromatic carbocycles. The van der Waals surface area contributed by atoms with Crippen molar-refractivity contribution >= 4 is 16.8 Å². The van der Waals surface area contributed by atoms with Crippen LogP contribution in [-0.2, 0) is 11.2 Å². The topological polar surface area (TPSA) is 58.2 Å². The third kappa shape index (κ3) is 3.63. The number of carbonyl (C=O) groups excluding carboxylic acids is 1. The third-order valence-electron chi connectivity index (χ3n) is 4.87. The number of H-pyrrole nitrogens is 1. The summed E-state index contributed by atoms with van der Waals surface area (Å²) in [5, 5.41) is 1.22. The van der Waals surface area contributed by atoms with Gasteiger partial charge in [0, 0.05) is 36.4 Å². The minimum Gasteiger partial charge on any atom is -0.379 e. The lowest BCUT2D eigenvalue weighted by molar-refractivity contribution is 0.0731. The number of carbonyl (C=O) groups is 1. The molecule has 2 aromatic heterocycles. The van der Waals surface area contributed by atoms with E-state index in [1.54, 1.807) is 6.07 Å². The highest BCUT2D eigenvalue weighted by atomic mass is 16.5. The molecular weight excluding hydrogens is 326 g/mol. The fourth-order valence-corrected chi connectivity index (χ4v) is 3.58. The van der Waals surface area contributed by atoms with Gasteiger partial charge in [-0.15, -0.1) is 0 Å². The molecule has 0 bridgehead atoms. The summed E-state index contributed by atoms with van der Waals surface area (Å²) >= 11 is 0. The molecule has 134 valence electrons. The Morgan fingerprint density at radius 2 is 2.23 bits per heavy atom. The van der Waals surface area contributed by atoms with Gasteiger partial charge in [0.05, 0.1) is 13.2 Å². The van der Waals surface area contributed by atoms with Crippen molar-refractivity contribution in [3.63, 3.8) is 0 Å². The molecule has 1 amide bonds. The van der Waals surface area contributed by atoms with E-state index in [1.807, 2.05) is 30.2 Å². The summed E-state index contributed by atoms with van der Waals surface area (Å²) in [4.78, 5) is 22.3. The number of amides is 1. The van der Waals surface area contributed by atoms with Gasteiger partial charge in [-0.05, 0) is 54.6 Å². The summed E-state index contributed by atoms with van der Waals surface area (Å²) in [6, 6.07) is 14.1. The Kier molecular flexibility index (Phi) is 4.71. The first kappa shape index (κ1) is 16.8. The lowest BCUT2D eigenvalue weighted by Crippen LogP contribution is -2.36. The lowest BCUT2D eigenvalue weighted by atomic mass is 9.98. The molecule has 1 atom stereocenters. The fraction of sp³-hybridized carbons (Fsp3) is 0.333. The maximum atomic E-state index is 12.8. The van der Waals surface area contributed by atoms with Crippen LogP contribution in [0.2, 0.25) is 0 Å². The number of hydrogen-bond acceptors (Lipinski definition) is 3. The molecule has 1 aliphatic heterocycles. The highest BCUT2D eigenvalue weighted by Crippen LogP contribution is 2.19. The zero-order valence-electron chi connectivity index (χ0n) is 14.9. The smallest absolute Gasteiger partial charge is 0.272 e. The summed E-state index contributed by atoms with van der Waals surface area (Å²) < 4.78 is 5.77. The van der Waals surface area contributed by atoms with Crippen LogP contribution in [0.25, 0.3) is 10.9 Å². The van der Waals surface area contributed by atoms with Crippen LogP contribution in [0.4, 0.5) is 0 Å². The summed E-state index contributed by atoms with van der Waals surface area (Å²) in [7, 11) is 0. The Morgan fingerprint density at radius 1 is 1.31 bits per heavy atom. The van der Waals surface area contributed by atoms with Crippen LogP contribution >= 0.6 is 0 Å². The molecule has 1 unspecified atom stereocenters. The van der Waals surface area contributed by atoms with Crippen LogP contribution in [0.5, 0.6) is 0 Å². The largest absolute Gasteiger partial charge is 0.379 e. The van der Waals surface area contributed by atoms with Crippen LogP contribution in [0.1, 0.15) is 21.7 Å². The highest BCUT2D eigenvalue weighted by molar-refractivity contribution is 5.92. The predicted molar refractivity (Wildman–Crippen MR) is 101 cm³/mol. The first-order valence-corrected chi connectivity index (χ1v) is 9.06. The van der Waals surface area contributed by atoms with E-state index >= 15 is 0 Å². The molecule has 3 heterocycles. The number of hydrogen-bond donors (Lipinski definition) is 1. The summed E-state index contributed by atoms with van der Waals surface area (Å²) in [6.07, 6.45) is 2.85. The van der Waals surface area contributed by atoms with Crippen LogP contribution in [0.15, 0.2) is 48.7 Å². The van der Waals surface area contributed by atoms with Gasteiger partial charge in [0.1, 0.15) is 5.69 Å². The monoisotopic (exact) mass is 349 g/mol. The van der Waals surface area contributed by atoms with Gasteiger partial charge in [-0.2, -0.15) is 0 Å². The molecular formula is C21H23N3O2. The first-order valence-electron chi connectivity index (χ1n) is 9.06. The number of nitrogens with zero attached hydrogens (tertiary/aromatic N) is 2. The average Bonchev–Trinajstić information content (AvgIpc) is 2.99. The van der Waals surface area contributed by atoms with Crippen LogP contribution < -0.4 is 0 Å². The van der Waals surface area contributed by atoms with Crippen molar-refractivity contribution in [2.75, 3.05) is 26.3 Å². The van der Waals surface area contributed by atoms with Gasteiger partial charge in [0.25, 0.3) is 5.91 Å². The number of aromatic amines is 1. The van der Waals surface area contributed by atoms with Crippen molar-refractivity contribution in [1.82, 2.24) is 14.9 Å². The molecule has 1 fully saturated rings. The maximum absolute atomic E-state index is 12.8. The Hall–Kier alpha value is -2.66. The number of aromatic nitrogens is 2. The molecule has 4 rings (SSSR count). The van der Waals surface area contributed by atoms with Gasteiger partial charge in [0.2, 0.25) is 0 Å². The van der Waals surface area contributed by atoms with Gasteiger partial charge >= 0.3 is 0 Å². The Morgan fingerprint density at radius 3 is 3.12 bits per heavy atom. The second-order valence-electron chi connectivity index (χ2n) is 6.96. The van der Waals surface area contributed by atoms with E-state index in [-0.39, 0.29) is 11.8 Å².